The lowest BCUT2D eigenvalue weighted by atomic mass is 10.2. The van der Waals surface area contributed by atoms with Gasteiger partial charge < -0.3 is 9.73 Å². The number of rotatable bonds is 5. The summed E-state index contributed by atoms with van der Waals surface area (Å²) >= 11 is 1.55. The van der Waals surface area contributed by atoms with Gasteiger partial charge in [-0.25, -0.2) is 15.0 Å². The zero-order valence-electron chi connectivity index (χ0n) is 13.9. The van der Waals surface area contributed by atoms with E-state index in [4.69, 9.17) is 4.42 Å². The SMILES string of the molecule is Cc1oc(-c2cccs2)nc1CC(=O)Nc1ccc(-n2ccnc2)nc1. The quantitative estimate of drug-likeness (QED) is 0.585. The number of aromatic nitrogens is 4. The highest BCUT2D eigenvalue weighted by Gasteiger charge is 2.15. The number of aryl methyl sites for hydroxylation is 1. The van der Waals surface area contributed by atoms with Crippen LogP contribution < -0.4 is 5.32 Å². The van der Waals surface area contributed by atoms with E-state index in [0.717, 1.165) is 10.7 Å². The first-order valence-electron chi connectivity index (χ1n) is 7.93. The van der Waals surface area contributed by atoms with Crippen molar-refractivity contribution < 1.29 is 9.21 Å². The van der Waals surface area contributed by atoms with Crippen molar-refractivity contribution in [3.8, 4) is 16.6 Å². The summed E-state index contributed by atoms with van der Waals surface area (Å²) in [7, 11) is 0. The summed E-state index contributed by atoms with van der Waals surface area (Å²) < 4.78 is 7.45. The predicted octanol–water partition coefficient (Wildman–Crippen LogP) is 3.47. The summed E-state index contributed by atoms with van der Waals surface area (Å²) in [5.74, 6) is 1.76. The van der Waals surface area contributed by atoms with Gasteiger partial charge in [0.15, 0.2) is 0 Å². The Labute approximate surface area is 153 Å². The van der Waals surface area contributed by atoms with Crippen molar-refractivity contribution >= 4 is 22.9 Å². The van der Waals surface area contributed by atoms with Crippen LogP contribution in [0.4, 0.5) is 5.69 Å². The largest absolute Gasteiger partial charge is 0.440 e. The molecular formula is C18H15N5O2S. The second kappa shape index (κ2) is 6.93. The van der Waals surface area contributed by atoms with E-state index < -0.39 is 0 Å². The molecule has 4 rings (SSSR count). The van der Waals surface area contributed by atoms with E-state index in [2.05, 4.69) is 20.3 Å². The topological polar surface area (TPSA) is 85.8 Å². The molecular weight excluding hydrogens is 350 g/mol. The van der Waals surface area contributed by atoms with Gasteiger partial charge in [-0.15, -0.1) is 11.3 Å². The number of carbonyl (C=O) groups excluding carboxylic acids is 1. The molecule has 130 valence electrons. The van der Waals surface area contributed by atoms with Crippen molar-refractivity contribution in [2.24, 2.45) is 0 Å². The third-order valence-electron chi connectivity index (χ3n) is 3.75. The minimum absolute atomic E-state index is 0.143. The van der Waals surface area contributed by atoms with Crippen LogP contribution in [0.5, 0.6) is 0 Å². The van der Waals surface area contributed by atoms with E-state index in [0.29, 0.717) is 23.0 Å². The van der Waals surface area contributed by atoms with E-state index in [1.165, 1.54) is 0 Å². The second-order valence-corrected chi connectivity index (χ2v) is 6.55. The maximum atomic E-state index is 12.3. The summed E-state index contributed by atoms with van der Waals surface area (Å²) in [6, 6.07) is 7.49. The molecule has 0 spiro atoms. The third kappa shape index (κ3) is 3.40. The fourth-order valence-corrected chi connectivity index (χ4v) is 3.11. The van der Waals surface area contributed by atoms with Crippen LogP contribution in [0.3, 0.4) is 0 Å². The van der Waals surface area contributed by atoms with Gasteiger partial charge in [-0.05, 0) is 30.5 Å². The van der Waals surface area contributed by atoms with Crippen molar-refractivity contribution in [1.29, 1.82) is 0 Å². The Kier molecular flexibility index (Phi) is 4.32. The number of nitrogens with one attached hydrogen (secondary N) is 1. The molecule has 0 aliphatic heterocycles. The molecule has 0 aromatic carbocycles. The Hall–Kier alpha value is -3.26. The van der Waals surface area contributed by atoms with E-state index in [1.54, 1.807) is 46.9 Å². The molecule has 7 nitrogen and oxygen atoms in total. The van der Waals surface area contributed by atoms with Crippen molar-refractivity contribution in [2.75, 3.05) is 5.32 Å². The van der Waals surface area contributed by atoms with Gasteiger partial charge in [0.05, 0.1) is 28.9 Å². The van der Waals surface area contributed by atoms with Gasteiger partial charge in [-0.1, -0.05) is 6.07 Å². The summed E-state index contributed by atoms with van der Waals surface area (Å²) in [5, 5.41) is 4.79. The van der Waals surface area contributed by atoms with Crippen LogP contribution in [-0.2, 0) is 11.2 Å². The number of hydrogen-bond donors (Lipinski definition) is 1. The third-order valence-corrected chi connectivity index (χ3v) is 4.61. The predicted molar refractivity (Wildman–Crippen MR) is 98.2 cm³/mol. The van der Waals surface area contributed by atoms with Gasteiger partial charge >= 0.3 is 0 Å². The summed E-state index contributed by atoms with van der Waals surface area (Å²) in [5.41, 5.74) is 1.26. The highest BCUT2D eigenvalue weighted by Crippen LogP contribution is 2.26. The van der Waals surface area contributed by atoms with Crippen LogP contribution in [-0.4, -0.2) is 25.4 Å². The first-order chi connectivity index (χ1) is 12.7. The number of anilines is 1. The smallest absolute Gasteiger partial charge is 0.236 e. The molecule has 4 aromatic heterocycles. The number of oxazole rings is 1. The fourth-order valence-electron chi connectivity index (χ4n) is 2.46. The van der Waals surface area contributed by atoms with Gasteiger partial charge in [0.25, 0.3) is 0 Å². The molecule has 1 amide bonds. The number of nitrogens with zero attached hydrogens (tertiary/aromatic N) is 4. The zero-order chi connectivity index (χ0) is 17.9. The summed E-state index contributed by atoms with van der Waals surface area (Å²) in [6.07, 6.45) is 6.91. The van der Waals surface area contributed by atoms with Gasteiger partial charge in [0.1, 0.15) is 17.9 Å². The van der Waals surface area contributed by atoms with Gasteiger partial charge in [-0.2, -0.15) is 0 Å². The molecule has 0 aliphatic rings. The number of carbonyl (C=O) groups is 1. The molecule has 1 N–H and O–H groups in total. The molecule has 0 aliphatic carbocycles. The summed E-state index contributed by atoms with van der Waals surface area (Å²) in [6.45, 7) is 1.81. The molecule has 0 saturated carbocycles. The van der Waals surface area contributed by atoms with Crippen LogP contribution in [0.15, 0.2) is 59.0 Å². The van der Waals surface area contributed by atoms with Gasteiger partial charge in [0.2, 0.25) is 11.8 Å². The maximum Gasteiger partial charge on any atom is 0.236 e. The normalized spacial score (nSPS) is 10.8. The van der Waals surface area contributed by atoms with Crippen molar-refractivity contribution in [1.82, 2.24) is 19.5 Å². The highest BCUT2D eigenvalue weighted by molar-refractivity contribution is 7.13. The second-order valence-electron chi connectivity index (χ2n) is 5.60. The first kappa shape index (κ1) is 16.2. The van der Waals surface area contributed by atoms with Crippen LogP contribution in [0.2, 0.25) is 0 Å². The molecule has 4 aromatic rings. The molecule has 8 heteroatoms. The lowest BCUT2D eigenvalue weighted by Gasteiger charge is -2.05. The van der Waals surface area contributed by atoms with E-state index in [-0.39, 0.29) is 12.3 Å². The van der Waals surface area contributed by atoms with E-state index in [9.17, 15) is 4.79 Å². The number of amides is 1. The van der Waals surface area contributed by atoms with E-state index >= 15 is 0 Å². The van der Waals surface area contributed by atoms with Gasteiger partial charge in [-0.3, -0.25) is 9.36 Å². The average Bonchev–Trinajstić information content (AvgIpc) is 3.38. The van der Waals surface area contributed by atoms with E-state index in [1.807, 2.05) is 30.5 Å². The van der Waals surface area contributed by atoms with Crippen molar-refractivity contribution in [3.05, 3.63) is 66.0 Å². The molecule has 0 fully saturated rings. The highest BCUT2D eigenvalue weighted by atomic mass is 32.1. The Bertz CT molecular complexity index is 1000. The van der Waals surface area contributed by atoms with Crippen molar-refractivity contribution in [2.45, 2.75) is 13.3 Å². The lowest BCUT2D eigenvalue weighted by Crippen LogP contribution is -2.15. The molecule has 0 atom stereocenters. The number of thiophene rings is 1. The molecule has 0 radical (unpaired) electrons. The molecule has 4 heterocycles. The standard InChI is InChI=1S/C18H15N5O2S/c1-12-14(22-18(25-12)15-3-2-8-26-15)9-17(24)21-13-4-5-16(20-10-13)23-7-6-19-11-23/h2-8,10-11H,9H2,1H3,(H,21,24). The minimum Gasteiger partial charge on any atom is -0.440 e. The monoisotopic (exact) mass is 365 g/mol. The number of pyridine rings is 1. The molecule has 0 bridgehead atoms. The van der Waals surface area contributed by atoms with Crippen LogP contribution in [0.25, 0.3) is 16.6 Å². The Morgan fingerprint density at radius 3 is 2.96 bits per heavy atom. The Morgan fingerprint density at radius 1 is 1.35 bits per heavy atom. The fraction of sp³-hybridized carbons (Fsp3) is 0.111. The first-order valence-corrected chi connectivity index (χ1v) is 8.81. The molecule has 0 unspecified atom stereocenters. The van der Waals surface area contributed by atoms with Crippen LogP contribution in [0.1, 0.15) is 11.5 Å². The van der Waals surface area contributed by atoms with Crippen LogP contribution >= 0.6 is 11.3 Å². The van der Waals surface area contributed by atoms with Crippen LogP contribution in [0, 0.1) is 6.92 Å². The molecule has 0 saturated heterocycles. The Morgan fingerprint density at radius 2 is 2.27 bits per heavy atom. The van der Waals surface area contributed by atoms with Gasteiger partial charge in [0, 0.05) is 12.4 Å². The van der Waals surface area contributed by atoms with Crippen molar-refractivity contribution in [3.63, 3.8) is 0 Å². The molecule has 26 heavy (non-hydrogen) atoms. The minimum atomic E-state index is -0.170. The Balaban J connectivity index is 1.43. The average molecular weight is 365 g/mol. The number of imidazole rings is 1. The number of hydrogen-bond acceptors (Lipinski definition) is 6. The zero-order valence-corrected chi connectivity index (χ0v) is 14.7. The lowest BCUT2D eigenvalue weighted by molar-refractivity contribution is -0.115. The summed E-state index contributed by atoms with van der Waals surface area (Å²) in [4.78, 5) is 26.0. The maximum absolute atomic E-state index is 12.3.